The lowest BCUT2D eigenvalue weighted by Gasteiger charge is -2.10. The third-order valence-corrected chi connectivity index (χ3v) is 3.81. The summed E-state index contributed by atoms with van der Waals surface area (Å²) in [5.74, 6) is 0.410. The first-order chi connectivity index (χ1) is 11.5. The number of halogens is 1. The Morgan fingerprint density at radius 2 is 2.00 bits per heavy atom. The molecule has 1 aromatic heterocycles. The molecule has 0 aliphatic rings. The van der Waals surface area contributed by atoms with Gasteiger partial charge >= 0.3 is 5.97 Å². The molecule has 1 aromatic carbocycles. The quantitative estimate of drug-likeness (QED) is 0.353. The summed E-state index contributed by atoms with van der Waals surface area (Å²) in [5, 5.41) is 3.59. The highest BCUT2D eigenvalue weighted by molar-refractivity contribution is 9.10. The van der Waals surface area contributed by atoms with Crippen LogP contribution in [0.2, 0.25) is 0 Å². The first kappa shape index (κ1) is 17.9. The topological polar surface area (TPSA) is 86.8 Å². The van der Waals surface area contributed by atoms with Crippen molar-refractivity contribution in [1.82, 2.24) is 4.98 Å². The first-order valence-corrected chi connectivity index (χ1v) is 8.12. The van der Waals surface area contributed by atoms with E-state index in [1.54, 1.807) is 30.6 Å². The highest BCUT2D eigenvalue weighted by Crippen LogP contribution is 2.28. The van der Waals surface area contributed by atoms with E-state index in [-0.39, 0.29) is 12.4 Å². The van der Waals surface area contributed by atoms with Crippen molar-refractivity contribution in [2.24, 2.45) is 10.9 Å². The van der Waals surface area contributed by atoms with Crippen LogP contribution < -0.4 is 10.5 Å². The standard InChI is InChI=1S/C17H18BrN3O3/c1-11(2)13-3-4-15(14(18)9-13)23-10-16(22)24-21-17(19)12-5-7-20-8-6-12/h3-9,11H,10H2,1-2H3,(H2,19,21). The van der Waals surface area contributed by atoms with Crippen LogP contribution >= 0.6 is 15.9 Å². The van der Waals surface area contributed by atoms with Crippen LogP contribution in [0.4, 0.5) is 0 Å². The van der Waals surface area contributed by atoms with Crippen molar-refractivity contribution in [3.63, 3.8) is 0 Å². The Balaban J connectivity index is 1.89. The van der Waals surface area contributed by atoms with Gasteiger partial charge in [0.15, 0.2) is 12.4 Å². The Bertz CT molecular complexity index is 733. The van der Waals surface area contributed by atoms with Gasteiger partial charge in [-0.3, -0.25) is 4.98 Å². The summed E-state index contributed by atoms with van der Waals surface area (Å²) in [6.45, 7) is 3.93. The van der Waals surface area contributed by atoms with Crippen molar-refractivity contribution in [3.8, 4) is 5.75 Å². The van der Waals surface area contributed by atoms with Gasteiger partial charge in [-0.15, -0.1) is 0 Å². The molecule has 0 radical (unpaired) electrons. The van der Waals surface area contributed by atoms with E-state index >= 15 is 0 Å². The molecule has 2 aromatic rings. The summed E-state index contributed by atoms with van der Waals surface area (Å²) in [6.07, 6.45) is 3.14. The lowest BCUT2D eigenvalue weighted by molar-refractivity contribution is -0.146. The lowest BCUT2D eigenvalue weighted by atomic mass is 10.0. The summed E-state index contributed by atoms with van der Waals surface area (Å²) in [4.78, 5) is 20.3. The van der Waals surface area contributed by atoms with Crippen molar-refractivity contribution in [2.75, 3.05) is 6.61 Å². The highest BCUT2D eigenvalue weighted by atomic mass is 79.9. The molecule has 24 heavy (non-hydrogen) atoms. The van der Waals surface area contributed by atoms with Crippen LogP contribution in [0.3, 0.4) is 0 Å². The molecule has 0 atom stereocenters. The fraction of sp³-hybridized carbons (Fsp3) is 0.235. The largest absolute Gasteiger partial charge is 0.481 e. The highest BCUT2D eigenvalue weighted by Gasteiger charge is 2.09. The maximum atomic E-state index is 11.7. The second-order valence-corrected chi connectivity index (χ2v) is 6.16. The molecule has 0 aliphatic carbocycles. The average molecular weight is 392 g/mol. The lowest BCUT2D eigenvalue weighted by Crippen LogP contribution is -2.18. The number of rotatable bonds is 6. The van der Waals surface area contributed by atoms with Crippen molar-refractivity contribution in [2.45, 2.75) is 19.8 Å². The zero-order valence-electron chi connectivity index (χ0n) is 13.4. The van der Waals surface area contributed by atoms with Crippen LogP contribution in [-0.2, 0) is 9.63 Å². The molecule has 0 unspecified atom stereocenters. The minimum Gasteiger partial charge on any atom is -0.481 e. The molecular formula is C17H18BrN3O3. The second kappa shape index (κ2) is 8.44. The smallest absolute Gasteiger partial charge is 0.372 e. The zero-order chi connectivity index (χ0) is 17.5. The number of carbonyl (C=O) groups is 1. The number of nitrogens with zero attached hydrogens (tertiary/aromatic N) is 2. The molecule has 0 spiro atoms. The monoisotopic (exact) mass is 391 g/mol. The molecule has 2 rings (SSSR count). The Morgan fingerprint density at radius 3 is 2.62 bits per heavy atom. The van der Waals surface area contributed by atoms with E-state index in [4.69, 9.17) is 15.3 Å². The normalized spacial score (nSPS) is 11.4. The fourth-order valence-electron chi connectivity index (χ4n) is 1.83. The number of carbonyl (C=O) groups excluding carboxylic acids is 1. The summed E-state index contributed by atoms with van der Waals surface area (Å²) in [6, 6.07) is 9.05. The molecule has 0 saturated heterocycles. The van der Waals surface area contributed by atoms with Gasteiger partial charge in [-0.1, -0.05) is 25.1 Å². The number of oxime groups is 1. The predicted octanol–water partition coefficient (Wildman–Crippen LogP) is 3.21. The van der Waals surface area contributed by atoms with Crippen molar-refractivity contribution in [1.29, 1.82) is 0 Å². The third-order valence-electron chi connectivity index (χ3n) is 3.19. The fourth-order valence-corrected chi connectivity index (χ4v) is 2.34. The SMILES string of the molecule is CC(C)c1ccc(OCC(=O)O/N=C(\N)c2ccncc2)c(Br)c1. The van der Waals surface area contributed by atoms with Gasteiger partial charge in [0.2, 0.25) is 0 Å². The summed E-state index contributed by atoms with van der Waals surface area (Å²) < 4.78 is 6.21. The summed E-state index contributed by atoms with van der Waals surface area (Å²) in [5.41, 5.74) is 7.51. The van der Waals surface area contributed by atoms with Crippen molar-refractivity contribution < 1.29 is 14.4 Å². The van der Waals surface area contributed by atoms with Gasteiger partial charge in [0.05, 0.1) is 4.47 Å². The van der Waals surface area contributed by atoms with Gasteiger partial charge in [-0.2, -0.15) is 0 Å². The van der Waals surface area contributed by atoms with Gasteiger partial charge in [0.1, 0.15) is 5.75 Å². The number of hydrogen-bond donors (Lipinski definition) is 1. The Kier molecular flexibility index (Phi) is 6.31. The van der Waals surface area contributed by atoms with Crippen LogP contribution in [0.25, 0.3) is 0 Å². The molecule has 0 fully saturated rings. The predicted molar refractivity (Wildman–Crippen MR) is 94.8 cm³/mol. The van der Waals surface area contributed by atoms with Crippen LogP contribution in [0.1, 0.15) is 30.9 Å². The number of benzene rings is 1. The van der Waals surface area contributed by atoms with Crippen molar-refractivity contribution >= 4 is 27.7 Å². The van der Waals surface area contributed by atoms with Gasteiger partial charge in [-0.05, 0) is 51.7 Å². The number of ether oxygens (including phenoxy) is 1. The second-order valence-electron chi connectivity index (χ2n) is 5.31. The number of nitrogens with two attached hydrogens (primary N) is 1. The van der Waals surface area contributed by atoms with E-state index in [2.05, 4.69) is 39.9 Å². The molecule has 2 N–H and O–H groups in total. The van der Waals surface area contributed by atoms with Crippen molar-refractivity contribution in [3.05, 3.63) is 58.3 Å². The Labute approximate surface area is 148 Å². The molecule has 1 heterocycles. The first-order valence-electron chi connectivity index (χ1n) is 7.33. The summed E-state index contributed by atoms with van der Waals surface area (Å²) >= 11 is 3.43. The Morgan fingerprint density at radius 1 is 1.29 bits per heavy atom. The molecule has 0 aliphatic heterocycles. The van der Waals surface area contributed by atoms with E-state index in [0.29, 0.717) is 17.2 Å². The van der Waals surface area contributed by atoms with E-state index in [1.807, 2.05) is 12.1 Å². The van der Waals surface area contributed by atoms with Gasteiger partial charge < -0.3 is 15.3 Å². The summed E-state index contributed by atoms with van der Waals surface area (Å²) in [7, 11) is 0. The average Bonchev–Trinajstić information content (AvgIpc) is 2.59. The van der Waals surface area contributed by atoms with Gasteiger partial charge in [-0.25, -0.2) is 4.79 Å². The van der Waals surface area contributed by atoms with Crippen LogP contribution in [0.15, 0.2) is 52.4 Å². The molecule has 6 nitrogen and oxygen atoms in total. The maximum Gasteiger partial charge on any atom is 0.372 e. The molecular weight excluding hydrogens is 374 g/mol. The molecule has 0 amide bonds. The van der Waals surface area contributed by atoms with Crippen LogP contribution in [-0.4, -0.2) is 23.4 Å². The molecule has 7 heteroatoms. The van der Waals surface area contributed by atoms with E-state index in [9.17, 15) is 4.79 Å². The maximum absolute atomic E-state index is 11.7. The number of pyridine rings is 1. The van der Waals surface area contributed by atoms with E-state index in [0.717, 1.165) is 4.47 Å². The molecule has 126 valence electrons. The molecule has 0 saturated carbocycles. The number of aromatic nitrogens is 1. The van der Waals surface area contributed by atoms with Gasteiger partial charge in [0.25, 0.3) is 0 Å². The number of amidine groups is 1. The van der Waals surface area contributed by atoms with E-state index < -0.39 is 5.97 Å². The molecule has 0 bridgehead atoms. The van der Waals surface area contributed by atoms with E-state index in [1.165, 1.54) is 5.56 Å². The third kappa shape index (κ3) is 5.06. The minimum absolute atomic E-state index is 0.0909. The van der Waals surface area contributed by atoms with Gasteiger partial charge in [0, 0.05) is 18.0 Å². The van der Waals surface area contributed by atoms with Crippen LogP contribution in [0.5, 0.6) is 5.75 Å². The minimum atomic E-state index is -0.646. The number of hydrogen-bond acceptors (Lipinski definition) is 5. The Hall–Kier alpha value is -2.41. The zero-order valence-corrected chi connectivity index (χ0v) is 15.0. The van der Waals surface area contributed by atoms with Crippen LogP contribution in [0, 0.1) is 0 Å².